The summed E-state index contributed by atoms with van der Waals surface area (Å²) in [6.07, 6.45) is 3.60. The molecule has 3 amide bonds. The van der Waals surface area contributed by atoms with Gasteiger partial charge in [0.1, 0.15) is 12.1 Å². The Bertz CT molecular complexity index is 1060. The first-order valence-corrected chi connectivity index (χ1v) is 10.2. The van der Waals surface area contributed by atoms with Gasteiger partial charge in [-0.1, -0.05) is 18.2 Å². The molecule has 1 aromatic heterocycles. The fourth-order valence-corrected chi connectivity index (χ4v) is 4.01. The predicted molar refractivity (Wildman–Crippen MR) is 116 cm³/mol. The van der Waals surface area contributed by atoms with Gasteiger partial charge in [0.2, 0.25) is 5.91 Å². The number of carbonyl (C=O) groups is 3. The Kier molecular flexibility index (Phi) is 5.65. The predicted octanol–water partition coefficient (Wildman–Crippen LogP) is 1.16. The lowest BCUT2D eigenvalue weighted by atomic mass is 10.1. The van der Waals surface area contributed by atoms with E-state index in [1.165, 1.54) is 0 Å². The zero-order chi connectivity index (χ0) is 21.3. The van der Waals surface area contributed by atoms with Crippen molar-refractivity contribution in [2.75, 3.05) is 13.2 Å². The summed E-state index contributed by atoms with van der Waals surface area (Å²) >= 11 is 4.85. The van der Waals surface area contributed by atoms with Crippen LogP contribution in [0.25, 0.3) is 17.0 Å². The minimum Gasteiger partial charge on any atom is -0.376 e. The highest BCUT2D eigenvalue weighted by atomic mass is 32.1. The van der Waals surface area contributed by atoms with Crippen LogP contribution in [0.1, 0.15) is 24.1 Å². The molecule has 4 rings (SSSR count). The third kappa shape index (κ3) is 3.99. The van der Waals surface area contributed by atoms with Crippen LogP contribution in [0.15, 0.2) is 29.8 Å². The van der Waals surface area contributed by atoms with Crippen molar-refractivity contribution in [1.82, 2.24) is 20.5 Å². The molecule has 2 aromatic rings. The maximum atomic E-state index is 12.6. The summed E-state index contributed by atoms with van der Waals surface area (Å²) in [5.74, 6) is -1.21. The molecule has 2 aliphatic heterocycles. The summed E-state index contributed by atoms with van der Waals surface area (Å²) in [6, 6.07) is 7.58. The Hall–Kier alpha value is -3.04. The van der Waals surface area contributed by atoms with Crippen molar-refractivity contribution in [3.8, 4) is 0 Å². The molecule has 8 nitrogen and oxygen atoms in total. The molecular formula is C21H22N4O4S. The largest absolute Gasteiger partial charge is 0.376 e. The van der Waals surface area contributed by atoms with Gasteiger partial charge >= 0.3 is 0 Å². The average Bonchev–Trinajstić information content (AvgIpc) is 3.31. The number of hydrogen-bond donors (Lipinski definition) is 3. The number of para-hydroxylation sites is 1. The second-order valence-electron chi connectivity index (χ2n) is 7.34. The van der Waals surface area contributed by atoms with Gasteiger partial charge in [0.25, 0.3) is 11.8 Å². The lowest BCUT2D eigenvalue weighted by molar-refractivity contribution is -0.124. The fourth-order valence-electron chi connectivity index (χ4n) is 3.83. The molecule has 2 fully saturated rings. The Morgan fingerprint density at radius 1 is 1.30 bits per heavy atom. The molecule has 2 saturated heterocycles. The summed E-state index contributed by atoms with van der Waals surface area (Å²) in [4.78, 5) is 37.1. The van der Waals surface area contributed by atoms with Gasteiger partial charge in [-0.2, -0.15) is 0 Å². The first-order valence-electron chi connectivity index (χ1n) is 9.78. The Morgan fingerprint density at radius 2 is 2.03 bits per heavy atom. The number of benzene rings is 1. The van der Waals surface area contributed by atoms with E-state index >= 15 is 0 Å². The fraction of sp³-hybridized carbons (Fsp3) is 0.333. The molecule has 0 saturated carbocycles. The number of thiocarbonyl (C=S) groups is 1. The van der Waals surface area contributed by atoms with Crippen LogP contribution in [0.2, 0.25) is 0 Å². The van der Waals surface area contributed by atoms with Gasteiger partial charge in [0, 0.05) is 35.3 Å². The highest BCUT2D eigenvalue weighted by Crippen LogP contribution is 2.28. The van der Waals surface area contributed by atoms with Crippen molar-refractivity contribution in [3.05, 3.63) is 41.1 Å². The van der Waals surface area contributed by atoms with Crippen LogP contribution in [0.4, 0.5) is 0 Å². The quantitative estimate of drug-likeness (QED) is 0.378. The van der Waals surface area contributed by atoms with Gasteiger partial charge < -0.3 is 14.6 Å². The van der Waals surface area contributed by atoms with Crippen LogP contribution < -0.4 is 16.0 Å². The Labute approximate surface area is 178 Å². The molecule has 0 aliphatic carbocycles. The van der Waals surface area contributed by atoms with Crippen LogP contribution in [0.5, 0.6) is 0 Å². The van der Waals surface area contributed by atoms with E-state index < -0.39 is 11.8 Å². The summed E-state index contributed by atoms with van der Waals surface area (Å²) < 4.78 is 7.43. The lowest BCUT2D eigenvalue weighted by Gasteiger charge is -2.16. The van der Waals surface area contributed by atoms with Gasteiger partial charge in [-0.05, 0) is 44.1 Å². The van der Waals surface area contributed by atoms with Crippen LogP contribution in [-0.2, 0) is 25.7 Å². The molecule has 9 heteroatoms. The average molecular weight is 426 g/mol. The standard InChI is InChI=1S/C21H22N4O4S/c1-12-15(9-16-19(27)23-21(30)24-20(16)28)14-6-2-3-7-17(14)25(12)11-18(26)22-10-13-5-4-8-29-13/h2-3,6-7,9,13H,4-5,8,10-11H2,1H3,(H,22,26)(H2,23,24,27,28,30). The number of ether oxygens (including phenoxy) is 1. The first kappa shape index (κ1) is 20.2. The highest BCUT2D eigenvalue weighted by molar-refractivity contribution is 7.80. The number of nitrogens with one attached hydrogen (secondary N) is 3. The van der Waals surface area contributed by atoms with E-state index in [0.717, 1.165) is 36.0 Å². The SMILES string of the molecule is Cc1c(C=C2C(=O)NC(=S)NC2=O)c2ccccc2n1CC(=O)NCC1CCCO1. The molecule has 1 aromatic carbocycles. The third-order valence-electron chi connectivity index (χ3n) is 5.36. The first-order chi connectivity index (χ1) is 14.4. The number of carbonyl (C=O) groups excluding carboxylic acids is 3. The van der Waals surface area contributed by atoms with E-state index in [4.69, 9.17) is 17.0 Å². The number of fused-ring (bicyclic) bond motifs is 1. The number of hydrogen-bond acceptors (Lipinski definition) is 5. The Balaban J connectivity index is 1.64. The summed E-state index contributed by atoms with van der Waals surface area (Å²) in [6.45, 7) is 3.23. The minimum atomic E-state index is -0.547. The smallest absolute Gasteiger partial charge is 0.263 e. The molecule has 0 bridgehead atoms. The van der Waals surface area contributed by atoms with E-state index in [9.17, 15) is 14.4 Å². The molecule has 3 N–H and O–H groups in total. The molecule has 0 spiro atoms. The normalized spacial score (nSPS) is 19.0. The summed E-state index contributed by atoms with van der Waals surface area (Å²) in [5, 5.41) is 8.65. The Morgan fingerprint density at radius 3 is 2.73 bits per heavy atom. The number of nitrogens with zero attached hydrogens (tertiary/aromatic N) is 1. The molecule has 3 heterocycles. The van der Waals surface area contributed by atoms with Crippen molar-refractivity contribution in [1.29, 1.82) is 0 Å². The van der Waals surface area contributed by atoms with Crippen molar-refractivity contribution >= 4 is 52.0 Å². The molecule has 1 atom stereocenters. The second-order valence-corrected chi connectivity index (χ2v) is 7.75. The third-order valence-corrected chi connectivity index (χ3v) is 5.57. The molecule has 2 aliphatic rings. The minimum absolute atomic E-state index is 0.00999. The van der Waals surface area contributed by atoms with Crippen LogP contribution in [-0.4, -0.2) is 46.7 Å². The van der Waals surface area contributed by atoms with Gasteiger partial charge in [0.05, 0.1) is 6.10 Å². The molecule has 30 heavy (non-hydrogen) atoms. The van der Waals surface area contributed by atoms with Crippen LogP contribution >= 0.6 is 12.2 Å². The van der Waals surface area contributed by atoms with Crippen molar-refractivity contribution in [3.63, 3.8) is 0 Å². The maximum absolute atomic E-state index is 12.6. The molecule has 156 valence electrons. The van der Waals surface area contributed by atoms with Gasteiger partial charge in [-0.25, -0.2) is 0 Å². The summed E-state index contributed by atoms with van der Waals surface area (Å²) in [5.41, 5.74) is 2.31. The molecule has 0 radical (unpaired) electrons. The van der Waals surface area contributed by atoms with Gasteiger partial charge in [0.15, 0.2) is 5.11 Å². The van der Waals surface area contributed by atoms with Crippen molar-refractivity contribution < 1.29 is 19.1 Å². The van der Waals surface area contributed by atoms with E-state index in [2.05, 4.69) is 16.0 Å². The van der Waals surface area contributed by atoms with Crippen molar-refractivity contribution in [2.24, 2.45) is 0 Å². The molecular weight excluding hydrogens is 404 g/mol. The topological polar surface area (TPSA) is 101 Å². The number of amides is 3. The second kappa shape index (κ2) is 8.37. The zero-order valence-electron chi connectivity index (χ0n) is 16.5. The van der Waals surface area contributed by atoms with Crippen molar-refractivity contribution in [2.45, 2.75) is 32.4 Å². The van der Waals surface area contributed by atoms with Crippen LogP contribution in [0, 0.1) is 6.92 Å². The zero-order valence-corrected chi connectivity index (χ0v) is 17.3. The van der Waals surface area contributed by atoms with Crippen LogP contribution in [0.3, 0.4) is 0 Å². The van der Waals surface area contributed by atoms with E-state index in [-0.39, 0.29) is 29.2 Å². The van der Waals surface area contributed by atoms with E-state index in [1.807, 2.05) is 35.8 Å². The monoisotopic (exact) mass is 426 g/mol. The van der Waals surface area contributed by atoms with E-state index in [1.54, 1.807) is 6.08 Å². The number of aromatic nitrogens is 1. The summed E-state index contributed by atoms with van der Waals surface area (Å²) in [7, 11) is 0. The highest BCUT2D eigenvalue weighted by Gasteiger charge is 2.27. The maximum Gasteiger partial charge on any atom is 0.263 e. The van der Waals surface area contributed by atoms with Gasteiger partial charge in [-0.15, -0.1) is 0 Å². The van der Waals surface area contributed by atoms with Gasteiger partial charge in [-0.3, -0.25) is 25.0 Å². The lowest BCUT2D eigenvalue weighted by Crippen LogP contribution is -2.51. The molecule has 1 unspecified atom stereocenters. The number of rotatable bonds is 5. The van der Waals surface area contributed by atoms with E-state index in [0.29, 0.717) is 12.1 Å².